The maximum absolute atomic E-state index is 11.7. The third-order valence-corrected chi connectivity index (χ3v) is 3.87. The predicted molar refractivity (Wildman–Crippen MR) is 77.4 cm³/mol. The number of aromatic amines is 1. The minimum absolute atomic E-state index is 0.132. The first-order valence-corrected chi connectivity index (χ1v) is 7.39. The van der Waals surface area contributed by atoms with Crippen LogP contribution in [0, 0.1) is 0 Å². The Bertz CT molecular complexity index is 718. The van der Waals surface area contributed by atoms with E-state index >= 15 is 0 Å². The van der Waals surface area contributed by atoms with E-state index < -0.39 is 5.97 Å². The van der Waals surface area contributed by atoms with Gasteiger partial charge in [0.25, 0.3) is 0 Å². The van der Waals surface area contributed by atoms with E-state index in [-0.39, 0.29) is 6.61 Å². The number of carbonyl (C=O) groups excluding carboxylic acids is 1. The van der Waals surface area contributed by atoms with Crippen molar-refractivity contribution in [1.29, 1.82) is 0 Å². The van der Waals surface area contributed by atoms with Gasteiger partial charge in [-0.3, -0.25) is 0 Å². The summed E-state index contributed by atoms with van der Waals surface area (Å²) >= 11 is 4.71. The molecule has 0 aromatic carbocycles. The van der Waals surface area contributed by atoms with Crippen molar-refractivity contribution >= 4 is 33.2 Å². The molecule has 3 heterocycles. The van der Waals surface area contributed by atoms with Crippen molar-refractivity contribution in [3.05, 3.63) is 51.9 Å². The largest absolute Gasteiger partial charge is 0.462 e. The molecule has 0 fully saturated rings. The minimum atomic E-state index is -0.414. The molecule has 0 aliphatic rings. The molecule has 0 atom stereocenters. The van der Waals surface area contributed by atoms with Gasteiger partial charge in [-0.1, -0.05) is 0 Å². The third-order valence-electron chi connectivity index (χ3n) is 2.50. The fourth-order valence-electron chi connectivity index (χ4n) is 1.59. The molecular formula is C13H9BrN2O3S. The van der Waals surface area contributed by atoms with Gasteiger partial charge < -0.3 is 14.1 Å². The second kappa shape index (κ2) is 5.64. The lowest BCUT2D eigenvalue weighted by Gasteiger charge is -2.00. The zero-order valence-corrected chi connectivity index (χ0v) is 12.5. The number of aromatic nitrogens is 2. The molecule has 0 amide bonds. The van der Waals surface area contributed by atoms with E-state index in [0.717, 1.165) is 9.48 Å². The number of rotatable bonds is 4. The summed E-state index contributed by atoms with van der Waals surface area (Å²) in [7, 11) is 0. The Kier molecular flexibility index (Phi) is 3.70. The first kappa shape index (κ1) is 13.1. The summed E-state index contributed by atoms with van der Waals surface area (Å²) in [4.78, 5) is 18.9. The Labute approximate surface area is 126 Å². The van der Waals surface area contributed by atoms with Crippen molar-refractivity contribution in [3.63, 3.8) is 0 Å². The molecule has 3 aromatic rings. The summed E-state index contributed by atoms with van der Waals surface area (Å²) in [5.74, 6) is 0.295. The van der Waals surface area contributed by atoms with Crippen molar-refractivity contribution in [2.75, 3.05) is 0 Å². The van der Waals surface area contributed by atoms with Gasteiger partial charge in [-0.25, -0.2) is 9.78 Å². The number of nitrogens with zero attached hydrogens (tertiary/aromatic N) is 1. The number of carbonyl (C=O) groups is 1. The fourth-order valence-corrected chi connectivity index (χ4v) is 2.70. The quantitative estimate of drug-likeness (QED) is 0.724. The van der Waals surface area contributed by atoms with Crippen LogP contribution >= 0.6 is 27.3 Å². The van der Waals surface area contributed by atoms with Crippen LogP contribution in [0.2, 0.25) is 0 Å². The first-order chi connectivity index (χ1) is 9.72. The predicted octanol–water partition coefficient (Wildman–Crippen LogP) is 3.85. The zero-order chi connectivity index (χ0) is 13.9. The van der Waals surface area contributed by atoms with Gasteiger partial charge in [0.2, 0.25) is 0 Å². The lowest BCUT2D eigenvalue weighted by Crippen LogP contribution is -2.05. The van der Waals surface area contributed by atoms with Gasteiger partial charge in [-0.05, 0) is 34.1 Å². The highest BCUT2D eigenvalue weighted by atomic mass is 79.9. The number of H-pyrrole nitrogens is 1. The van der Waals surface area contributed by atoms with E-state index in [1.807, 2.05) is 11.4 Å². The minimum Gasteiger partial charge on any atom is -0.462 e. The lowest BCUT2D eigenvalue weighted by atomic mass is 10.4. The summed E-state index contributed by atoms with van der Waals surface area (Å²) in [5.41, 5.74) is 1.10. The van der Waals surface area contributed by atoms with Gasteiger partial charge in [0.05, 0.1) is 12.0 Å². The first-order valence-electron chi connectivity index (χ1n) is 5.72. The molecule has 5 nitrogen and oxygen atoms in total. The van der Waals surface area contributed by atoms with E-state index in [1.54, 1.807) is 24.6 Å². The summed E-state index contributed by atoms with van der Waals surface area (Å²) < 4.78 is 11.2. The second-order valence-electron chi connectivity index (χ2n) is 3.93. The molecule has 0 aliphatic carbocycles. The highest BCUT2D eigenvalue weighted by Crippen LogP contribution is 2.24. The van der Waals surface area contributed by atoms with Crippen LogP contribution < -0.4 is 0 Å². The normalized spacial score (nSPS) is 10.7. The SMILES string of the molecule is O=C(OCc1csc(-c2ccco2)n1)c1cc(Br)c[nH]1. The Balaban J connectivity index is 1.63. The van der Waals surface area contributed by atoms with Crippen LogP contribution in [0.5, 0.6) is 0 Å². The van der Waals surface area contributed by atoms with Crippen molar-refractivity contribution in [1.82, 2.24) is 9.97 Å². The van der Waals surface area contributed by atoms with Crippen LogP contribution in [0.15, 0.2) is 44.9 Å². The van der Waals surface area contributed by atoms with Crippen LogP contribution in [0.4, 0.5) is 0 Å². The summed E-state index contributed by atoms with van der Waals surface area (Å²) in [5, 5.41) is 2.61. The molecule has 0 saturated carbocycles. The maximum atomic E-state index is 11.7. The lowest BCUT2D eigenvalue weighted by molar-refractivity contribution is 0.0462. The molecule has 7 heteroatoms. The number of halogens is 1. The third kappa shape index (κ3) is 2.83. The van der Waals surface area contributed by atoms with Crippen molar-refractivity contribution in [2.24, 2.45) is 0 Å². The van der Waals surface area contributed by atoms with Crippen molar-refractivity contribution in [3.8, 4) is 10.8 Å². The van der Waals surface area contributed by atoms with Gasteiger partial charge in [-0.15, -0.1) is 11.3 Å². The van der Waals surface area contributed by atoms with Crippen LogP contribution in [0.25, 0.3) is 10.8 Å². The Hall–Kier alpha value is -1.86. The molecule has 0 radical (unpaired) electrons. The average Bonchev–Trinajstić information content (AvgIpc) is 3.16. The van der Waals surface area contributed by atoms with Gasteiger partial charge in [0.1, 0.15) is 12.3 Å². The molecule has 0 spiro atoms. The summed E-state index contributed by atoms with van der Waals surface area (Å²) in [6.45, 7) is 0.132. The molecule has 20 heavy (non-hydrogen) atoms. The topological polar surface area (TPSA) is 68.1 Å². The van der Waals surface area contributed by atoms with E-state index in [2.05, 4.69) is 25.9 Å². The van der Waals surface area contributed by atoms with Crippen LogP contribution in [-0.2, 0) is 11.3 Å². The highest BCUT2D eigenvalue weighted by Gasteiger charge is 2.12. The second-order valence-corrected chi connectivity index (χ2v) is 5.70. The molecule has 102 valence electrons. The zero-order valence-electron chi connectivity index (χ0n) is 10.1. The highest BCUT2D eigenvalue weighted by molar-refractivity contribution is 9.10. The average molecular weight is 353 g/mol. The summed E-state index contributed by atoms with van der Waals surface area (Å²) in [6, 6.07) is 5.31. The van der Waals surface area contributed by atoms with E-state index in [4.69, 9.17) is 9.15 Å². The van der Waals surface area contributed by atoms with Crippen LogP contribution in [-0.4, -0.2) is 15.9 Å². The molecule has 0 unspecified atom stereocenters. The maximum Gasteiger partial charge on any atom is 0.355 e. The van der Waals surface area contributed by atoms with Gasteiger partial charge >= 0.3 is 5.97 Å². The van der Waals surface area contributed by atoms with Crippen molar-refractivity contribution < 1.29 is 13.9 Å². The van der Waals surface area contributed by atoms with E-state index in [0.29, 0.717) is 17.1 Å². The van der Waals surface area contributed by atoms with E-state index in [9.17, 15) is 4.79 Å². The van der Waals surface area contributed by atoms with E-state index in [1.165, 1.54) is 11.3 Å². The Morgan fingerprint density at radius 1 is 1.55 bits per heavy atom. The van der Waals surface area contributed by atoms with Crippen LogP contribution in [0.1, 0.15) is 16.2 Å². The van der Waals surface area contributed by atoms with Gasteiger partial charge in [-0.2, -0.15) is 0 Å². The van der Waals surface area contributed by atoms with Gasteiger partial charge in [0, 0.05) is 16.0 Å². The number of esters is 1. The molecule has 0 saturated heterocycles. The monoisotopic (exact) mass is 352 g/mol. The number of nitrogens with one attached hydrogen (secondary N) is 1. The Morgan fingerprint density at radius 3 is 3.15 bits per heavy atom. The van der Waals surface area contributed by atoms with Crippen molar-refractivity contribution in [2.45, 2.75) is 6.61 Å². The molecule has 3 aromatic heterocycles. The molecule has 0 aliphatic heterocycles. The Morgan fingerprint density at radius 2 is 2.45 bits per heavy atom. The number of thiazole rings is 1. The number of hydrogen-bond donors (Lipinski definition) is 1. The summed E-state index contributed by atoms with van der Waals surface area (Å²) in [6.07, 6.45) is 3.27. The smallest absolute Gasteiger partial charge is 0.355 e. The number of hydrogen-bond acceptors (Lipinski definition) is 5. The standard InChI is InChI=1S/C13H9BrN2O3S/c14-8-4-10(15-5-8)13(17)19-6-9-7-20-12(16-9)11-2-1-3-18-11/h1-5,7,15H,6H2. The molecule has 0 bridgehead atoms. The molecular weight excluding hydrogens is 344 g/mol. The van der Waals surface area contributed by atoms with Gasteiger partial charge in [0.15, 0.2) is 10.8 Å². The van der Waals surface area contributed by atoms with Crippen LogP contribution in [0.3, 0.4) is 0 Å². The molecule has 1 N–H and O–H groups in total. The number of ether oxygens (including phenoxy) is 1. The number of furan rings is 1. The fraction of sp³-hybridized carbons (Fsp3) is 0.0769. The molecule has 3 rings (SSSR count).